The van der Waals surface area contributed by atoms with Crippen molar-refractivity contribution in [2.24, 2.45) is 0 Å². The number of nitrogen functional groups attached to an aromatic ring is 1. The summed E-state index contributed by atoms with van der Waals surface area (Å²) in [4.78, 5) is 11.7. The number of sulfone groups is 1. The first-order valence-electron chi connectivity index (χ1n) is 5.81. The van der Waals surface area contributed by atoms with E-state index in [4.69, 9.17) is 10.5 Å². The van der Waals surface area contributed by atoms with Crippen molar-refractivity contribution in [3.8, 4) is 5.75 Å². The number of benzene rings is 1. The lowest BCUT2D eigenvalue weighted by Gasteiger charge is -2.09. The SMILES string of the molecule is CCOc1ccc(C(=O)NCCS(C)(=O)=O)cc1N. The Morgan fingerprint density at radius 2 is 2.11 bits per heavy atom. The van der Waals surface area contributed by atoms with Crippen LogP contribution in [-0.4, -0.2) is 39.5 Å². The van der Waals surface area contributed by atoms with Crippen molar-refractivity contribution in [2.45, 2.75) is 6.92 Å². The number of anilines is 1. The van der Waals surface area contributed by atoms with Gasteiger partial charge >= 0.3 is 0 Å². The molecule has 106 valence electrons. The van der Waals surface area contributed by atoms with Crippen LogP contribution in [0.5, 0.6) is 5.75 Å². The third kappa shape index (κ3) is 5.17. The minimum Gasteiger partial charge on any atom is -0.492 e. The fourth-order valence-corrected chi connectivity index (χ4v) is 1.90. The number of nitrogens with two attached hydrogens (primary N) is 1. The topological polar surface area (TPSA) is 98.5 Å². The number of carbonyl (C=O) groups excluding carboxylic acids is 1. The van der Waals surface area contributed by atoms with Crippen LogP contribution < -0.4 is 15.8 Å². The summed E-state index contributed by atoms with van der Waals surface area (Å²) >= 11 is 0. The Bertz CT molecular complexity index is 555. The van der Waals surface area contributed by atoms with Crippen LogP contribution in [0.3, 0.4) is 0 Å². The Kier molecular flexibility index (Phi) is 5.17. The number of hydrogen-bond donors (Lipinski definition) is 2. The second-order valence-electron chi connectivity index (χ2n) is 4.07. The maximum Gasteiger partial charge on any atom is 0.251 e. The Morgan fingerprint density at radius 3 is 2.63 bits per heavy atom. The molecule has 3 N–H and O–H groups in total. The van der Waals surface area contributed by atoms with E-state index in [0.29, 0.717) is 23.6 Å². The van der Waals surface area contributed by atoms with E-state index in [0.717, 1.165) is 6.26 Å². The van der Waals surface area contributed by atoms with Crippen molar-refractivity contribution in [1.82, 2.24) is 5.32 Å². The summed E-state index contributed by atoms with van der Waals surface area (Å²) in [5.74, 6) is 0.0687. The molecule has 0 spiro atoms. The van der Waals surface area contributed by atoms with Crippen molar-refractivity contribution in [3.63, 3.8) is 0 Å². The molecule has 0 aliphatic carbocycles. The van der Waals surface area contributed by atoms with Crippen LogP contribution in [-0.2, 0) is 9.84 Å². The standard InChI is InChI=1S/C12H18N2O4S/c1-3-18-11-5-4-9(8-10(11)13)12(15)14-6-7-19(2,16)17/h4-5,8H,3,6-7,13H2,1-2H3,(H,14,15). The van der Waals surface area contributed by atoms with Crippen LogP contribution in [0.4, 0.5) is 5.69 Å². The van der Waals surface area contributed by atoms with Gasteiger partial charge in [-0.2, -0.15) is 0 Å². The molecule has 0 aliphatic heterocycles. The van der Waals surface area contributed by atoms with Gasteiger partial charge in [0.05, 0.1) is 18.0 Å². The van der Waals surface area contributed by atoms with E-state index in [-0.39, 0.29) is 18.2 Å². The largest absolute Gasteiger partial charge is 0.492 e. The predicted molar refractivity (Wildman–Crippen MR) is 74.1 cm³/mol. The van der Waals surface area contributed by atoms with Gasteiger partial charge in [-0.1, -0.05) is 0 Å². The second-order valence-corrected chi connectivity index (χ2v) is 6.33. The summed E-state index contributed by atoms with van der Waals surface area (Å²) < 4.78 is 27.1. The third-order valence-corrected chi connectivity index (χ3v) is 3.28. The van der Waals surface area contributed by atoms with Gasteiger partial charge in [0.25, 0.3) is 5.91 Å². The van der Waals surface area contributed by atoms with Gasteiger partial charge in [0.1, 0.15) is 15.6 Å². The molecule has 7 heteroatoms. The summed E-state index contributed by atoms with van der Waals surface area (Å²) in [6.45, 7) is 2.40. The molecule has 0 saturated heterocycles. The van der Waals surface area contributed by atoms with Crippen molar-refractivity contribution < 1.29 is 17.9 Å². The van der Waals surface area contributed by atoms with Crippen molar-refractivity contribution in [3.05, 3.63) is 23.8 Å². The van der Waals surface area contributed by atoms with Gasteiger partial charge < -0.3 is 15.8 Å². The second kappa shape index (κ2) is 6.42. The number of ether oxygens (including phenoxy) is 1. The maximum absolute atomic E-state index is 11.7. The molecule has 0 radical (unpaired) electrons. The van der Waals surface area contributed by atoms with Crippen LogP contribution in [0.25, 0.3) is 0 Å². The highest BCUT2D eigenvalue weighted by atomic mass is 32.2. The minimum absolute atomic E-state index is 0.0742. The molecule has 1 aromatic rings. The van der Waals surface area contributed by atoms with Gasteiger partial charge in [0.15, 0.2) is 0 Å². The number of rotatable bonds is 6. The first kappa shape index (κ1) is 15.3. The first-order chi connectivity index (χ1) is 8.83. The monoisotopic (exact) mass is 286 g/mol. The highest BCUT2D eigenvalue weighted by Gasteiger charge is 2.09. The van der Waals surface area contributed by atoms with Crippen LogP contribution in [0.15, 0.2) is 18.2 Å². The molecule has 1 rings (SSSR count). The van der Waals surface area contributed by atoms with Crippen LogP contribution >= 0.6 is 0 Å². The zero-order valence-corrected chi connectivity index (χ0v) is 11.8. The molecule has 1 aromatic carbocycles. The molecule has 6 nitrogen and oxygen atoms in total. The lowest BCUT2D eigenvalue weighted by molar-refractivity contribution is 0.0956. The summed E-state index contributed by atoms with van der Waals surface area (Å²) in [5, 5.41) is 2.52. The van der Waals surface area contributed by atoms with E-state index in [1.54, 1.807) is 12.1 Å². The predicted octanol–water partition coefficient (Wildman–Crippen LogP) is 0.442. The zero-order chi connectivity index (χ0) is 14.5. The van der Waals surface area contributed by atoms with Gasteiger partial charge in [0, 0.05) is 18.4 Å². The summed E-state index contributed by atoms with van der Waals surface area (Å²) in [7, 11) is -3.08. The highest BCUT2D eigenvalue weighted by molar-refractivity contribution is 7.90. The highest BCUT2D eigenvalue weighted by Crippen LogP contribution is 2.22. The summed E-state index contributed by atoms with van der Waals surface area (Å²) in [5.41, 5.74) is 6.48. The number of nitrogens with one attached hydrogen (secondary N) is 1. The summed E-state index contributed by atoms with van der Waals surface area (Å²) in [6.07, 6.45) is 1.12. The molecule has 0 unspecified atom stereocenters. The molecular weight excluding hydrogens is 268 g/mol. The molecular formula is C12H18N2O4S. The Morgan fingerprint density at radius 1 is 1.42 bits per heavy atom. The molecule has 0 heterocycles. The molecule has 0 atom stereocenters. The van der Waals surface area contributed by atoms with Gasteiger partial charge in [-0.3, -0.25) is 4.79 Å². The minimum atomic E-state index is -3.08. The van der Waals surface area contributed by atoms with Gasteiger partial charge in [-0.05, 0) is 25.1 Å². The van der Waals surface area contributed by atoms with E-state index in [9.17, 15) is 13.2 Å². The molecule has 0 aromatic heterocycles. The smallest absolute Gasteiger partial charge is 0.251 e. The zero-order valence-electron chi connectivity index (χ0n) is 11.0. The van der Waals surface area contributed by atoms with Crippen molar-refractivity contribution in [1.29, 1.82) is 0 Å². The number of hydrogen-bond acceptors (Lipinski definition) is 5. The fourth-order valence-electron chi connectivity index (χ4n) is 1.43. The first-order valence-corrected chi connectivity index (χ1v) is 7.88. The third-order valence-electron chi connectivity index (χ3n) is 2.33. The summed E-state index contributed by atoms with van der Waals surface area (Å²) in [6, 6.07) is 4.70. The van der Waals surface area contributed by atoms with E-state index >= 15 is 0 Å². The maximum atomic E-state index is 11.7. The molecule has 0 aliphatic rings. The van der Waals surface area contributed by atoms with Crippen LogP contribution in [0, 0.1) is 0 Å². The average Bonchev–Trinajstić information content (AvgIpc) is 2.30. The fraction of sp³-hybridized carbons (Fsp3) is 0.417. The average molecular weight is 286 g/mol. The van der Waals surface area contributed by atoms with E-state index < -0.39 is 9.84 Å². The quantitative estimate of drug-likeness (QED) is 0.739. The number of amides is 1. The molecule has 19 heavy (non-hydrogen) atoms. The molecule has 0 saturated carbocycles. The van der Waals surface area contributed by atoms with Gasteiger partial charge in [0.2, 0.25) is 0 Å². The Labute approximate surface area is 112 Å². The molecule has 0 fully saturated rings. The van der Waals surface area contributed by atoms with Crippen LogP contribution in [0.1, 0.15) is 17.3 Å². The lowest BCUT2D eigenvalue weighted by atomic mass is 10.2. The number of carbonyl (C=O) groups is 1. The van der Waals surface area contributed by atoms with Gasteiger partial charge in [-0.15, -0.1) is 0 Å². The van der Waals surface area contributed by atoms with E-state index in [1.807, 2.05) is 6.92 Å². The van der Waals surface area contributed by atoms with E-state index in [2.05, 4.69) is 5.32 Å². The van der Waals surface area contributed by atoms with Crippen LogP contribution in [0.2, 0.25) is 0 Å². The van der Waals surface area contributed by atoms with Crippen molar-refractivity contribution >= 4 is 21.4 Å². The lowest BCUT2D eigenvalue weighted by Crippen LogP contribution is -2.28. The van der Waals surface area contributed by atoms with E-state index in [1.165, 1.54) is 6.07 Å². The normalized spacial score (nSPS) is 11.1. The molecule has 0 bridgehead atoms. The Balaban J connectivity index is 2.65. The molecule has 1 amide bonds. The van der Waals surface area contributed by atoms with Gasteiger partial charge in [-0.25, -0.2) is 8.42 Å². The Hall–Kier alpha value is -1.76. The van der Waals surface area contributed by atoms with Crippen molar-refractivity contribution in [2.75, 3.05) is 30.9 Å².